The molecule has 0 spiro atoms. The number of nitro groups is 1. The zero-order chi connectivity index (χ0) is 19.6. The van der Waals surface area contributed by atoms with Gasteiger partial charge in [-0.2, -0.15) is 0 Å². The molecule has 0 fully saturated rings. The molecule has 0 bridgehead atoms. The van der Waals surface area contributed by atoms with Crippen molar-refractivity contribution in [3.8, 4) is 0 Å². The number of anilines is 1. The molecular formula is C18H15ClN4O3S. The van der Waals surface area contributed by atoms with Crippen LogP contribution in [0.25, 0.3) is 0 Å². The summed E-state index contributed by atoms with van der Waals surface area (Å²) in [6.07, 6.45) is 0. The largest absolute Gasteiger partial charge is 0.351 e. The third-order valence-corrected chi connectivity index (χ3v) is 4.50. The van der Waals surface area contributed by atoms with Gasteiger partial charge in [0, 0.05) is 28.5 Å². The Labute approximate surface area is 165 Å². The fourth-order valence-corrected chi connectivity index (χ4v) is 3.19. The summed E-state index contributed by atoms with van der Waals surface area (Å²) in [5.74, 6) is -0.353. The number of nitrogens with one attached hydrogen (secondary N) is 3. The van der Waals surface area contributed by atoms with Crippen LogP contribution >= 0.6 is 23.8 Å². The third kappa shape index (κ3) is 4.24. The SMILES string of the molecule is CC1=C(C(=O)Nc2ccc(Cl)cc2)C(c2cccc([N+](=O)[O-])c2)NC(=S)N1. The van der Waals surface area contributed by atoms with Crippen LogP contribution in [0.2, 0.25) is 5.02 Å². The molecule has 1 unspecified atom stereocenters. The van der Waals surface area contributed by atoms with Crippen molar-refractivity contribution >= 4 is 46.2 Å². The van der Waals surface area contributed by atoms with Crippen LogP contribution in [-0.2, 0) is 4.79 Å². The number of nitrogens with zero attached hydrogens (tertiary/aromatic N) is 1. The molecule has 27 heavy (non-hydrogen) atoms. The Morgan fingerprint density at radius 1 is 1.26 bits per heavy atom. The number of halogens is 1. The lowest BCUT2D eigenvalue weighted by molar-refractivity contribution is -0.384. The summed E-state index contributed by atoms with van der Waals surface area (Å²) < 4.78 is 0. The molecule has 1 heterocycles. The number of amides is 1. The number of rotatable bonds is 4. The van der Waals surface area contributed by atoms with Gasteiger partial charge in [-0.15, -0.1) is 0 Å². The maximum atomic E-state index is 12.9. The first kappa shape index (κ1) is 18.8. The number of nitro benzene ring substituents is 1. The molecule has 2 aromatic carbocycles. The molecule has 2 aromatic rings. The molecular weight excluding hydrogens is 388 g/mol. The van der Waals surface area contributed by atoms with Crippen molar-refractivity contribution in [2.24, 2.45) is 0 Å². The van der Waals surface area contributed by atoms with Crippen LogP contribution in [0.1, 0.15) is 18.5 Å². The van der Waals surface area contributed by atoms with Crippen LogP contribution in [0.5, 0.6) is 0 Å². The first-order valence-electron chi connectivity index (χ1n) is 7.94. The average molecular weight is 403 g/mol. The summed E-state index contributed by atoms with van der Waals surface area (Å²) in [6, 6.07) is 12.2. The van der Waals surface area contributed by atoms with E-state index in [9.17, 15) is 14.9 Å². The average Bonchev–Trinajstić information content (AvgIpc) is 2.63. The molecule has 0 saturated heterocycles. The number of hydrogen-bond donors (Lipinski definition) is 3. The lowest BCUT2D eigenvalue weighted by atomic mass is 9.94. The number of benzene rings is 2. The third-order valence-electron chi connectivity index (χ3n) is 4.03. The summed E-state index contributed by atoms with van der Waals surface area (Å²) in [5.41, 5.74) is 2.04. The Hall–Kier alpha value is -2.97. The molecule has 0 saturated carbocycles. The first-order chi connectivity index (χ1) is 12.8. The van der Waals surface area contributed by atoms with Crippen LogP contribution < -0.4 is 16.0 Å². The smallest absolute Gasteiger partial charge is 0.269 e. The summed E-state index contributed by atoms with van der Waals surface area (Å²) >= 11 is 11.1. The minimum Gasteiger partial charge on any atom is -0.351 e. The van der Waals surface area contributed by atoms with Gasteiger partial charge in [0.1, 0.15) is 0 Å². The second-order valence-corrected chi connectivity index (χ2v) is 6.73. The van der Waals surface area contributed by atoms with Gasteiger partial charge < -0.3 is 16.0 Å². The zero-order valence-corrected chi connectivity index (χ0v) is 15.7. The van der Waals surface area contributed by atoms with E-state index in [1.54, 1.807) is 43.3 Å². The number of non-ortho nitro benzene ring substituents is 1. The van der Waals surface area contributed by atoms with Crippen LogP contribution in [0.4, 0.5) is 11.4 Å². The predicted molar refractivity (Wildman–Crippen MR) is 107 cm³/mol. The van der Waals surface area contributed by atoms with Gasteiger partial charge in [-0.25, -0.2) is 0 Å². The summed E-state index contributed by atoms with van der Waals surface area (Å²) in [7, 11) is 0. The van der Waals surface area contributed by atoms with E-state index in [0.29, 0.717) is 32.7 Å². The summed E-state index contributed by atoms with van der Waals surface area (Å²) in [4.78, 5) is 23.5. The van der Waals surface area contributed by atoms with Gasteiger partial charge in [0.15, 0.2) is 5.11 Å². The second-order valence-electron chi connectivity index (χ2n) is 5.88. The Kier molecular flexibility index (Phi) is 5.38. The maximum absolute atomic E-state index is 12.9. The molecule has 3 rings (SSSR count). The number of thiocarbonyl (C=S) groups is 1. The Morgan fingerprint density at radius 3 is 2.63 bits per heavy atom. The number of carbonyl (C=O) groups excluding carboxylic acids is 1. The van der Waals surface area contributed by atoms with Gasteiger partial charge in [0.25, 0.3) is 11.6 Å². The molecule has 7 nitrogen and oxygen atoms in total. The van der Waals surface area contributed by atoms with E-state index in [4.69, 9.17) is 23.8 Å². The van der Waals surface area contributed by atoms with Gasteiger partial charge in [-0.1, -0.05) is 23.7 Å². The van der Waals surface area contributed by atoms with E-state index in [-0.39, 0.29) is 11.6 Å². The standard InChI is InChI=1S/C18H15ClN4O3S/c1-10-15(17(24)21-13-7-5-12(19)6-8-13)16(22-18(27)20-10)11-3-2-4-14(9-11)23(25)26/h2-9,16H,1H3,(H,21,24)(H2,20,22,27). The lowest BCUT2D eigenvalue weighted by Crippen LogP contribution is -2.45. The van der Waals surface area contributed by atoms with Crippen molar-refractivity contribution in [3.05, 3.63) is 80.5 Å². The number of carbonyl (C=O) groups is 1. The van der Waals surface area contributed by atoms with Crippen LogP contribution in [0, 0.1) is 10.1 Å². The quantitative estimate of drug-likeness (QED) is 0.410. The van der Waals surface area contributed by atoms with E-state index in [2.05, 4.69) is 16.0 Å². The fourth-order valence-electron chi connectivity index (χ4n) is 2.79. The van der Waals surface area contributed by atoms with E-state index < -0.39 is 11.0 Å². The first-order valence-corrected chi connectivity index (χ1v) is 8.73. The van der Waals surface area contributed by atoms with Crippen molar-refractivity contribution < 1.29 is 9.72 Å². The molecule has 0 radical (unpaired) electrons. The molecule has 1 atom stereocenters. The molecule has 0 aliphatic carbocycles. The minimum atomic E-state index is -0.619. The molecule has 1 aliphatic heterocycles. The highest BCUT2D eigenvalue weighted by atomic mass is 35.5. The molecule has 1 amide bonds. The Morgan fingerprint density at radius 2 is 1.96 bits per heavy atom. The van der Waals surface area contributed by atoms with Gasteiger partial charge >= 0.3 is 0 Å². The molecule has 138 valence electrons. The second kappa shape index (κ2) is 7.73. The van der Waals surface area contributed by atoms with Crippen molar-refractivity contribution in [3.63, 3.8) is 0 Å². The zero-order valence-electron chi connectivity index (χ0n) is 14.2. The van der Waals surface area contributed by atoms with Crippen molar-refractivity contribution in [2.45, 2.75) is 13.0 Å². The maximum Gasteiger partial charge on any atom is 0.269 e. The van der Waals surface area contributed by atoms with E-state index in [0.717, 1.165) is 0 Å². The summed E-state index contributed by atoms with van der Waals surface area (Å²) in [6.45, 7) is 1.73. The highest BCUT2D eigenvalue weighted by Gasteiger charge is 2.30. The van der Waals surface area contributed by atoms with E-state index in [1.165, 1.54) is 12.1 Å². The van der Waals surface area contributed by atoms with E-state index >= 15 is 0 Å². The van der Waals surface area contributed by atoms with Gasteiger partial charge in [0.2, 0.25) is 0 Å². The van der Waals surface area contributed by atoms with E-state index in [1.807, 2.05) is 0 Å². The summed E-state index contributed by atoms with van der Waals surface area (Å²) in [5, 5.41) is 20.7. The molecule has 0 aromatic heterocycles. The number of allylic oxidation sites excluding steroid dienone is 1. The monoisotopic (exact) mass is 402 g/mol. The molecule has 1 aliphatic rings. The highest BCUT2D eigenvalue weighted by Crippen LogP contribution is 2.30. The van der Waals surface area contributed by atoms with Gasteiger partial charge in [-0.05, 0) is 49.0 Å². The highest BCUT2D eigenvalue weighted by molar-refractivity contribution is 7.80. The van der Waals surface area contributed by atoms with Gasteiger partial charge in [0.05, 0.1) is 16.5 Å². The fraction of sp³-hybridized carbons (Fsp3) is 0.111. The van der Waals surface area contributed by atoms with Crippen LogP contribution in [0.15, 0.2) is 59.8 Å². The van der Waals surface area contributed by atoms with Crippen molar-refractivity contribution in [2.75, 3.05) is 5.32 Å². The normalized spacial score (nSPS) is 16.4. The molecule has 9 heteroatoms. The van der Waals surface area contributed by atoms with Crippen LogP contribution in [-0.4, -0.2) is 15.9 Å². The Balaban J connectivity index is 1.96. The van der Waals surface area contributed by atoms with Crippen molar-refractivity contribution in [1.29, 1.82) is 0 Å². The van der Waals surface area contributed by atoms with Gasteiger partial charge in [-0.3, -0.25) is 14.9 Å². The Bertz CT molecular complexity index is 959. The topological polar surface area (TPSA) is 96.3 Å². The lowest BCUT2D eigenvalue weighted by Gasteiger charge is -2.30. The number of hydrogen-bond acceptors (Lipinski definition) is 4. The minimum absolute atomic E-state index is 0.0612. The predicted octanol–water partition coefficient (Wildman–Crippen LogP) is 3.68. The molecule has 3 N–H and O–H groups in total. The van der Waals surface area contributed by atoms with Crippen molar-refractivity contribution in [1.82, 2.24) is 10.6 Å². The van der Waals surface area contributed by atoms with Crippen LogP contribution in [0.3, 0.4) is 0 Å².